The zero-order chi connectivity index (χ0) is 14.9. The number of ether oxygens (including phenoxy) is 1. The van der Waals surface area contributed by atoms with E-state index in [2.05, 4.69) is 74.5 Å². The van der Waals surface area contributed by atoms with Gasteiger partial charge in [-0.05, 0) is 24.0 Å². The van der Waals surface area contributed by atoms with Crippen LogP contribution in [-0.4, -0.2) is 13.2 Å². The van der Waals surface area contributed by atoms with E-state index in [-0.39, 0.29) is 0 Å². The molecule has 2 aromatic rings. The molecule has 112 valence electrons. The van der Waals surface area contributed by atoms with Gasteiger partial charge in [0.2, 0.25) is 0 Å². The molecular formula is C20H26O. The monoisotopic (exact) mass is 282 g/mol. The van der Waals surface area contributed by atoms with Crippen LogP contribution in [0.2, 0.25) is 0 Å². The maximum absolute atomic E-state index is 6.05. The Morgan fingerprint density at radius 3 is 1.38 bits per heavy atom. The van der Waals surface area contributed by atoms with Gasteiger partial charge in [0, 0.05) is 11.8 Å². The summed E-state index contributed by atoms with van der Waals surface area (Å²) in [5.74, 6) is 0.999. The molecule has 0 aromatic heterocycles. The molecule has 21 heavy (non-hydrogen) atoms. The number of rotatable bonds is 8. The fourth-order valence-electron chi connectivity index (χ4n) is 2.70. The van der Waals surface area contributed by atoms with Crippen molar-refractivity contribution in [1.29, 1.82) is 0 Å². The zero-order valence-corrected chi connectivity index (χ0v) is 13.2. The van der Waals surface area contributed by atoms with Gasteiger partial charge in [0.15, 0.2) is 0 Å². The van der Waals surface area contributed by atoms with Gasteiger partial charge in [0.25, 0.3) is 0 Å². The Hall–Kier alpha value is -1.60. The predicted octanol–water partition coefficient (Wildman–Crippen LogP) is 5.39. The molecule has 0 heterocycles. The second-order valence-corrected chi connectivity index (χ2v) is 5.57. The third kappa shape index (κ3) is 4.71. The summed E-state index contributed by atoms with van der Waals surface area (Å²) in [6, 6.07) is 21.4. The molecule has 0 aliphatic heterocycles. The topological polar surface area (TPSA) is 9.23 Å². The summed E-state index contributed by atoms with van der Waals surface area (Å²) in [5.41, 5.74) is 2.76. The number of hydrogen-bond donors (Lipinski definition) is 0. The van der Waals surface area contributed by atoms with E-state index in [9.17, 15) is 0 Å². The third-order valence-electron chi connectivity index (χ3n) is 4.17. The first-order chi connectivity index (χ1) is 10.3. The molecule has 0 amide bonds. The van der Waals surface area contributed by atoms with E-state index in [1.165, 1.54) is 11.1 Å². The largest absolute Gasteiger partial charge is 0.380 e. The first-order valence-corrected chi connectivity index (χ1v) is 8.02. The van der Waals surface area contributed by atoms with Crippen LogP contribution in [0.1, 0.15) is 49.7 Å². The van der Waals surface area contributed by atoms with E-state index in [0.29, 0.717) is 11.8 Å². The fourth-order valence-corrected chi connectivity index (χ4v) is 2.70. The molecule has 2 rings (SSSR count). The van der Waals surface area contributed by atoms with Crippen LogP contribution in [0.3, 0.4) is 0 Å². The average molecular weight is 282 g/mol. The standard InChI is InChI=1S/C20H26O/c1-3-17(19-11-7-5-8-12-19)15-21-16-18(4-2)20-13-9-6-10-14-20/h5-14,17-18H,3-4,15-16H2,1-2H3. The summed E-state index contributed by atoms with van der Waals surface area (Å²) in [7, 11) is 0. The van der Waals surface area contributed by atoms with Gasteiger partial charge in [-0.3, -0.25) is 0 Å². The first kappa shape index (κ1) is 15.8. The van der Waals surface area contributed by atoms with Gasteiger partial charge < -0.3 is 4.74 Å². The zero-order valence-electron chi connectivity index (χ0n) is 13.2. The van der Waals surface area contributed by atoms with Crippen LogP contribution in [0.5, 0.6) is 0 Å². The van der Waals surface area contributed by atoms with Crippen molar-refractivity contribution in [3.63, 3.8) is 0 Å². The van der Waals surface area contributed by atoms with E-state index in [1.54, 1.807) is 0 Å². The van der Waals surface area contributed by atoms with Gasteiger partial charge in [-0.2, -0.15) is 0 Å². The summed E-state index contributed by atoms with van der Waals surface area (Å²) in [5, 5.41) is 0. The van der Waals surface area contributed by atoms with Crippen molar-refractivity contribution >= 4 is 0 Å². The molecule has 0 saturated heterocycles. The van der Waals surface area contributed by atoms with Crippen LogP contribution in [0, 0.1) is 0 Å². The Labute approximate surface area is 129 Å². The van der Waals surface area contributed by atoms with Crippen LogP contribution < -0.4 is 0 Å². The van der Waals surface area contributed by atoms with Crippen molar-refractivity contribution in [2.75, 3.05) is 13.2 Å². The van der Waals surface area contributed by atoms with E-state index < -0.39 is 0 Å². The Kier molecular flexibility index (Phi) is 6.49. The van der Waals surface area contributed by atoms with Crippen molar-refractivity contribution in [2.45, 2.75) is 38.5 Å². The fraction of sp³-hybridized carbons (Fsp3) is 0.400. The van der Waals surface area contributed by atoms with Crippen molar-refractivity contribution in [1.82, 2.24) is 0 Å². The number of hydrogen-bond acceptors (Lipinski definition) is 1. The van der Waals surface area contributed by atoms with Crippen LogP contribution in [0.4, 0.5) is 0 Å². The minimum absolute atomic E-state index is 0.500. The quantitative estimate of drug-likeness (QED) is 0.630. The summed E-state index contributed by atoms with van der Waals surface area (Å²) < 4.78 is 6.05. The van der Waals surface area contributed by atoms with Crippen LogP contribution >= 0.6 is 0 Å². The minimum Gasteiger partial charge on any atom is -0.380 e. The van der Waals surface area contributed by atoms with Gasteiger partial charge >= 0.3 is 0 Å². The molecular weight excluding hydrogens is 256 g/mol. The van der Waals surface area contributed by atoms with Gasteiger partial charge in [-0.25, -0.2) is 0 Å². The Morgan fingerprint density at radius 1 is 0.667 bits per heavy atom. The minimum atomic E-state index is 0.500. The van der Waals surface area contributed by atoms with Crippen molar-refractivity contribution < 1.29 is 4.74 Å². The Bertz CT molecular complexity index is 444. The van der Waals surface area contributed by atoms with Crippen LogP contribution in [0.15, 0.2) is 60.7 Å². The lowest BCUT2D eigenvalue weighted by molar-refractivity contribution is 0.104. The van der Waals surface area contributed by atoms with Gasteiger partial charge in [-0.15, -0.1) is 0 Å². The van der Waals surface area contributed by atoms with Gasteiger partial charge in [-0.1, -0.05) is 74.5 Å². The van der Waals surface area contributed by atoms with Crippen molar-refractivity contribution in [2.24, 2.45) is 0 Å². The van der Waals surface area contributed by atoms with E-state index >= 15 is 0 Å². The lowest BCUT2D eigenvalue weighted by atomic mass is 9.96. The Balaban J connectivity index is 1.87. The van der Waals surface area contributed by atoms with Gasteiger partial charge in [0.05, 0.1) is 13.2 Å². The smallest absolute Gasteiger partial charge is 0.0534 e. The first-order valence-electron chi connectivity index (χ1n) is 8.02. The highest BCUT2D eigenvalue weighted by Crippen LogP contribution is 2.23. The van der Waals surface area contributed by atoms with E-state index in [1.807, 2.05) is 0 Å². The number of benzene rings is 2. The van der Waals surface area contributed by atoms with E-state index in [4.69, 9.17) is 4.74 Å². The lowest BCUT2D eigenvalue weighted by Crippen LogP contribution is -2.12. The average Bonchev–Trinajstić information content (AvgIpc) is 2.57. The molecule has 0 fully saturated rings. The molecule has 0 aliphatic rings. The molecule has 0 radical (unpaired) electrons. The SMILES string of the molecule is CCC(COCC(CC)c1ccccc1)c1ccccc1. The summed E-state index contributed by atoms with van der Waals surface area (Å²) in [6.07, 6.45) is 2.23. The highest BCUT2D eigenvalue weighted by Gasteiger charge is 2.12. The molecule has 0 saturated carbocycles. The molecule has 2 atom stereocenters. The summed E-state index contributed by atoms with van der Waals surface area (Å²) in [4.78, 5) is 0. The summed E-state index contributed by atoms with van der Waals surface area (Å²) in [6.45, 7) is 6.08. The van der Waals surface area contributed by atoms with Crippen molar-refractivity contribution in [3.05, 3.63) is 71.8 Å². The summed E-state index contributed by atoms with van der Waals surface area (Å²) >= 11 is 0. The molecule has 1 nitrogen and oxygen atoms in total. The lowest BCUT2D eigenvalue weighted by Gasteiger charge is -2.19. The maximum Gasteiger partial charge on any atom is 0.0534 e. The second kappa shape index (κ2) is 8.63. The molecule has 0 bridgehead atoms. The highest BCUT2D eigenvalue weighted by molar-refractivity contribution is 5.20. The van der Waals surface area contributed by atoms with Crippen molar-refractivity contribution in [3.8, 4) is 0 Å². The molecule has 1 heteroatoms. The Morgan fingerprint density at radius 2 is 1.05 bits per heavy atom. The molecule has 0 aliphatic carbocycles. The van der Waals surface area contributed by atoms with E-state index in [0.717, 1.165) is 26.1 Å². The van der Waals surface area contributed by atoms with Crippen LogP contribution in [-0.2, 0) is 4.74 Å². The maximum atomic E-state index is 6.05. The van der Waals surface area contributed by atoms with Gasteiger partial charge in [0.1, 0.15) is 0 Å². The van der Waals surface area contributed by atoms with Crippen LogP contribution in [0.25, 0.3) is 0 Å². The second-order valence-electron chi connectivity index (χ2n) is 5.57. The predicted molar refractivity (Wildman–Crippen MR) is 89.8 cm³/mol. The molecule has 0 spiro atoms. The highest BCUT2D eigenvalue weighted by atomic mass is 16.5. The normalized spacial score (nSPS) is 13.8. The molecule has 2 aromatic carbocycles. The third-order valence-corrected chi connectivity index (χ3v) is 4.17. The molecule has 0 N–H and O–H groups in total. The molecule has 2 unspecified atom stereocenters.